The molecule has 0 unspecified atom stereocenters. The number of hydrogen-bond acceptors (Lipinski definition) is 4. The van der Waals surface area contributed by atoms with Gasteiger partial charge in [0.1, 0.15) is 0 Å². The lowest BCUT2D eigenvalue weighted by atomic mass is 10.3. The van der Waals surface area contributed by atoms with Crippen LogP contribution in [0.2, 0.25) is 0 Å². The van der Waals surface area contributed by atoms with Crippen LogP contribution in [0.1, 0.15) is 29.8 Å². The Kier molecular flexibility index (Phi) is 3.41. The summed E-state index contributed by atoms with van der Waals surface area (Å²) in [5.74, 6) is 0.398. The van der Waals surface area contributed by atoms with E-state index in [1.54, 1.807) is 29.1 Å². The van der Waals surface area contributed by atoms with Gasteiger partial charge in [-0.05, 0) is 42.7 Å². The van der Waals surface area contributed by atoms with Gasteiger partial charge in [-0.3, -0.25) is 0 Å². The fourth-order valence-corrected chi connectivity index (χ4v) is 2.00. The monoisotopic (exact) mass is 271 g/mol. The first-order valence-electron chi connectivity index (χ1n) is 6.81. The first kappa shape index (κ1) is 12.7. The summed E-state index contributed by atoms with van der Waals surface area (Å²) in [5, 5.41) is 4.22. The van der Waals surface area contributed by atoms with Crippen molar-refractivity contribution in [1.29, 1.82) is 0 Å². The van der Waals surface area contributed by atoms with Crippen molar-refractivity contribution in [3.8, 4) is 5.69 Å². The molecule has 104 valence electrons. The number of carbonyl (C=O) groups excluding carboxylic acids is 1. The molecular weight excluding hydrogens is 254 g/mol. The number of esters is 1. The second kappa shape index (κ2) is 5.36. The summed E-state index contributed by atoms with van der Waals surface area (Å²) in [6, 6.07) is 8.96. The van der Waals surface area contributed by atoms with E-state index in [1.807, 2.05) is 12.1 Å². The van der Waals surface area contributed by atoms with Crippen LogP contribution in [0.5, 0.6) is 0 Å². The first-order valence-corrected chi connectivity index (χ1v) is 6.81. The first-order chi connectivity index (χ1) is 9.72. The molecule has 3 rings (SSSR count). The largest absolute Gasteiger partial charge is 0.461 e. The standard InChI is InChI=1S/C15H17N3O2/c16-12-3-5-13(6-4-12)18-9-7-14(17-18)15(19)20-10-8-11-1-2-11/h3-7,9,11H,1-2,8,10,16H2. The molecule has 0 saturated heterocycles. The third kappa shape index (κ3) is 2.99. The van der Waals surface area contributed by atoms with Gasteiger partial charge in [0.15, 0.2) is 5.69 Å². The lowest BCUT2D eigenvalue weighted by Gasteiger charge is -2.02. The number of anilines is 1. The van der Waals surface area contributed by atoms with Gasteiger partial charge in [0.25, 0.3) is 0 Å². The molecule has 0 spiro atoms. The Morgan fingerprint density at radius 1 is 1.30 bits per heavy atom. The highest BCUT2D eigenvalue weighted by atomic mass is 16.5. The molecule has 1 saturated carbocycles. The number of ether oxygens (including phenoxy) is 1. The summed E-state index contributed by atoms with van der Waals surface area (Å²) < 4.78 is 6.85. The van der Waals surface area contributed by atoms with Crippen molar-refractivity contribution >= 4 is 11.7 Å². The van der Waals surface area contributed by atoms with E-state index in [4.69, 9.17) is 10.5 Å². The summed E-state index contributed by atoms with van der Waals surface area (Å²) in [4.78, 5) is 11.8. The van der Waals surface area contributed by atoms with E-state index >= 15 is 0 Å². The third-order valence-corrected chi connectivity index (χ3v) is 3.41. The maximum Gasteiger partial charge on any atom is 0.358 e. The summed E-state index contributed by atoms with van der Waals surface area (Å²) in [6.07, 6.45) is 5.24. The zero-order valence-electron chi connectivity index (χ0n) is 11.2. The molecule has 5 heteroatoms. The van der Waals surface area contributed by atoms with E-state index < -0.39 is 0 Å². The minimum atomic E-state index is -0.361. The lowest BCUT2D eigenvalue weighted by Crippen LogP contribution is -2.08. The van der Waals surface area contributed by atoms with Gasteiger partial charge in [0.05, 0.1) is 12.3 Å². The van der Waals surface area contributed by atoms with Crippen molar-refractivity contribution in [3.63, 3.8) is 0 Å². The Labute approximate surface area is 117 Å². The van der Waals surface area contributed by atoms with Crippen LogP contribution >= 0.6 is 0 Å². The van der Waals surface area contributed by atoms with Crippen molar-refractivity contribution in [2.24, 2.45) is 5.92 Å². The zero-order valence-corrected chi connectivity index (χ0v) is 11.2. The van der Waals surface area contributed by atoms with Crippen molar-refractivity contribution in [3.05, 3.63) is 42.2 Å². The molecule has 1 fully saturated rings. The number of rotatable bonds is 5. The Morgan fingerprint density at radius 3 is 2.75 bits per heavy atom. The van der Waals surface area contributed by atoms with Gasteiger partial charge >= 0.3 is 5.97 Å². The van der Waals surface area contributed by atoms with Crippen LogP contribution in [0.4, 0.5) is 5.69 Å². The fourth-order valence-electron chi connectivity index (χ4n) is 2.00. The highest BCUT2D eigenvalue weighted by Crippen LogP contribution is 2.32. The Morgan fingerprint density at radius 2 is 2.05 bits per heavy atom. The topological polar surface area (TPSA) is 70.1 Å². The van der Waals surface area contributed by atoms with Crippen molar-refractivity contribution in [2.75, 3.05) is 12.3 Å². The number of benzene rings is 1. The van der Waals surface area contributed by atoms with Gasteiger partial charge in [0, 0.05) is 11.9 Å². The summed E-state index contributed by atoms with van der Waals surface area (Å²) in [5.41, 5.74) is 7.52. The van der Waals surface area contributed by atoms with Crippen LogP contribution in [0.3, 0.4) is 0 Å². The van der Waals surface area contributed by atoms with Gasteiger partial charge in [0.2, 0.25) is 0 Å². The molecule has 0 bridgehead atoms. The van der Waals surface area contributed by atoms with Gasteiger partial charge in [-0.1, -0.05) is 12.8 Å². The molecule has 1 heterocycles. The average Bonchev–Trinajstić information content (AvgIpc) is 3.14. The predicted molar refractivity (Wildman–Crippen MR) is 75.6 cm³/mol. The van der Waals surface area contributed by atoms with Crippen LogP contribution in [0, 0.1) is 5.92 Å². The average molecular weight is 271 g/mol. The number of hydrogen-bond donors (Lipinski definition) is 1. The highest BCUT2D eigenvalue weighted by molar-refractivity contribution is 5.87. The quantitative estimate of drug-likeness (QED) is 0.669. The number of nitrogens with two attached hydrogens (primary N) is 1. The molecule has 1 aromatic carbocycles. The van der Waals surface area contributed by atoms with E-state index in [-0.39, 0.29) is 5.97 Å². The van der Waals surface area contributed by atoms with Crippen LogP contribution < -0.4 is 5.73 Å². The van der Waals surface area contributed by atoms with Gasteiger partial charge in [-0.15, -0.1) is 0 Å². The SMILES string of the molecule is Nc1ccc(-n2ccc(C(=O)OCCC3CC3)n2)cc1. The summed E-state index contributed by atoms with van der Waals surface area (Å²) >= 11 is 0. The zero-order chi connectivity index (χ0) is 13.9. The lowest BCUT2D eigenvalue weighted by molar-refractivity contribution is 0.0487. The molecule has 0 radical (unpaired) electrons. The minimum absolute atomic E-state index is 0.331. The molecule has 2 N–H and O–H groups in total. The molecule has 2 aromatic rings. The van der Waals surface area contributed by atoms with Crippen molar-refractivity contribution in [2.45, 2.75) is 19.3 Å². The molecule has 1 aliphatic rings. The number of aromatic nitrogens is 2. The van der Waals surface area contributed by atoms with Crippen LogP contribution in [-0.4, -0.2) is 22.4 Å². The highest BCUT2D eigenvalue weighted by Gasteiger charge is 2.21. The number of nitrogens with zero attached hydrogens (tertiary/aromatic N) is 2. The molecule has 0 atom stereocenters. The third-order valence-electron chi connectivity index (χ3n) is 3.41. The Bertz CT molecular complexity index is 600. The fraction of sp³-hybridized carbons (Fsp3) is 0.333. The predicted octanol–water partition coefficient (Wildman–Crippen LogP) is 2.41. The van der Waals surface area contributed by atoms with Crippen LogP contribution in [0.15, 0.2) is 36.5 Å². The maximum absolute atomic E-state index is 11.8. The second-order valence-electron chi connectivity index (χ2n) is 5.11. The van der Waals surface area contributed by atoms with E-state index in [0.717, 1.165) is 18.0 Å². The van der Waals surface area contributed by atoms with E-state index in [2.05, 4.69) is 5.10 Å². The van der Waals surface area contributed by atoms with Gasteiger partial charge in [-0.25, -0.2) is 9.48 Å². The van der Waals surface area contributed by atoms with E-state index in [1.165, 1.54) is 12.8 Å². The Hall–Kier alpha value is -2.30. The van der Waals surface area contributed by atoms with Crippen molar-refractivity contribution in [1.82, 2.24) is 9.78 Å². The van der Waals surface area contributed by atoms with Crippen molar-refractivity contribution < 1.29 is 9.53 Å². The molecule has 0 aliphatic heterocycles. The van der Waals surface area contributed by atoms with E-state index in [9.17, 15) is 4.79 Å². The van der Waals surface area contributed by atoms with Crippen LogP contribution in [0.25, 0.3) is 5.69 Å². The summed E-state index contributed by atoms with van der Waals surface area (Å²) in [7, 11) is 0. The number of nitrogen functional groups attached to an aromatic ring is 1. The number of carbonyl (C=O) groups is 1. The smallest absolute Gasteiger partial charge is 0.358 e. The molecule has 20 heavy (non-hydrogen) atoms. The summed E-state index contributed by atoms with van der Waals surface area (Å²) in [6.45, 7) is 0.484. The molecule has 1 aromatic heterocycles. The maximum atomic E-state index is 11.8. The Balaban J connectivity index is 1.63. The normalized spacial score (nSPS) is 14.2. The van der Waals surface area contributed by atoms with E-state index in [0.29, 0.717) is 18.0 Å². The van der Waals surface area contributed by atoms with Crippen LogP contribution in [-0.2, 0) is 4.74 Å². The molecule has 0 amide bonds. The molecular formula is C15H17N3O2. The molecule has 5 nitrogen and oxygen atoms in total. The van der Waals surface area contributed by atoms with Gasteiger partial charge < -0.3 is 10.5 Å². The second-order valence-corrected chi connectivity index (χ2v) is 5.11. The molecule has 1 aliphatic carbocycles. The minimum Gasteiger partial charge on any atom is -0.461 e. The van der Waals surface area contributed by atoms with Gasteiger partial charge in [-0.2, -0.15) is 5.10 Å².